The van der Waals surface area contributed by atoms with Crippen LogP contribution in [0.5, 0.6) is 0 Å². The molecule has 3 aromatic rings. The highest BCUT2D eigenvalue weighted by Crippen LogP contribution is 2.26. The quantitative estimate of drug-likeness (QED) is 0.553. The fourth-order valence-corrected chi connectivity index (χ4v) is 3.04. The number of hydrazone groups is 1. The van der Waals surface area contributed by atoms with E-state index in [9.17, 15) is 0 Å². The Balaban J connectivity index is 1.73. The predicted molar refractivity (Wildman–Crippen MR) is 90.5 cm³/mol. The third kappa shape index (κ3) is 3.47. The van der Waals surface area contributed by atoms with Crippen molar-refractivity contribution < 1.29 is 0 Å². The summed E-state index contributed by atoms with van der Waals surface area (Å²) in [6.07, 6.45) is 1.76. The van der Waals surface area contributed by atoms with Crippen molar-refractivity contribution in [3.63, 3.8) is 0 Å². The van der Waals surface area contributed by atoms with Crippen LogP contribution in [0.3, 0.4) is 0 Å². The lowest BCUT2D eigenvalue weighted by atomic mass is 10.2. The van der Waals surface area contributed by atoms with Crippen LogP contribution in [0.15, 0.2) is 46.3 Å². The van der Waals surface area contributed by atoms with E-state index in [4.69, 9.17) is 11.6 Å². The van der Waals surface area contributed by atoms with Crippen molar-refractivity contribution in [2.45, 2.75) is 6.92 Å². The van der Waals surface area contributed by atoms with Crippen LogP contribution in [0.25, 0.3) is 11.3 Å². The molecule has 0 saturated heterocycles. The molecule has 0 aliphatic heterocycles. The molecule has 3 rings (SSSR count). The average molecular weight is 335 g/mol. The van der Waals surface area contributed by atoms with Gasteiger partial charge in [-0.15, -0.1) is 22.7 Å². The third-order valence-electron chi connectivity index (χ3n) is 2.71. The van der Waals surface area contributed by atoms with Gasteiger partial charge in [0.05, 0.1) is 11.4 Å². The molecule has 0 amide bonds. The number of rotatable bonds is 4. The Hall–Kier alpha value is -1.76. The molecule has 21 heavy (non-hydrogen) atoms. The lowest BCUT2D eigenvalue weighted by molar-refractivity contribution is 1.26. The number of nitrogens with one attached hydrogen (secondary N) is 1. The molecule has 0 fully saturated rings. The van der Waals surface area contributed by atoms with Crippen LogP contribution in [-0.4, -0.2) is 15.7 Å². The average Bonchev–Trinajstić information content (AvgIpc) is 3.17. The highest BCUT2D eigenvalue weighted by Gasteiger charge is 2.05. The molecular weight excluding hydrogens is 324 g/mol. The Morgan fingerprint density at radius 2 is 2.05 bits per heavy atom. The highest BCUT2D eigenvalue weighted by atomic mass is 35.5. The van der Waals surface area contributed by atoms with Crippen molar-refractivity contribution in [3.05, 3.63) is 51.3 Å². The van der Waals surface area contributed by atoms with Crippen LogP contribution in [0.2, 0.25) is 5.02 Å². The van der Waals surface area contributed by atoms with Crippen LogP contribution in [0, 0.1) is 0 Å². The molecule has 1 aromatic carbocycles. The lowest BCUT2D eigenvalue weighted by Gasteiger charge is -1.98. The van der Waals surface area contributed by atoms with Gasteiger partial charge in [0.1, 0.15) is 5.01 Å². The molecule has 106 valence electrons. The van der Waals surface area contributed by atoms with Gasteiger partial charge in [0, 0.05) is 27.5 Å². The van der Waals surface area contributed by atoms with E-state index in [1.165, 1.54) is 11.3 Å². The third-order valence-corrected chi connectivity index (χ3v) is 4.59. The number of hydrogen-bond acceptors (Lipinski definition) is 6. The van der Waals surface area contributed by atoms with Crippen molar-refractivity contribution in [1.82, 2.24) is 9.97 Å². The molecule has 0 radical (unpaired) electrons. The van der Waals surface area contributed by atoms with E-state index in [2.05, 4.69) is 20.5 Å². The molecular formula is C14H11ClN4S2. The van der Waals surface area contributed by atoms with E-state index in [1.807, 2.05) is 41.9 Å². The molecule has 0 atom stereocenters. The van der Waals surface area contributed by atoms with Gasteiger partial charge in [-0.3, -0.25) is 5.43 Å². The molecule has 0 unspecified atom stereocenters. The molecule has 0 spiro atoms. The Kier molecular flexibility index (Phi) is 4.28. The summed E-state index contributed by atoms with van der Waals surface area (Å²) in [5, 5.41) is 10.6. The minimum atomic E-state index is 0.719. The summed E-state index contributed by atoms with van der Waals surface area (Å²) in [6.45, 7) is 1.92. The standard InChI is InChI=1S/C14H11ClN4S2/c1-9(13-16-6-7-20-13)18-19-14-17-12(8-21-14)10-2-4-11(15)5-3-10/h2-8H,1H3,(H,17,19)/b18-9-. The maximum atomic E-state index is 5.88. The summed E-state index contributed by atoms with van der Waals surface area (Å²) in [4.78, 5) is 8.71. The Labute approximate surface area is 135 Å². The van der Waals surface area contributed by atoms with E-state index in [0.29, 0.717) is 0 Å². The molecule has 0 aliphatic rings. The number of hydrogen-bond donors (Lipinski definition) is 1. The second-order valence-corrected chi connectivity index (χ2v) is 6.38. The molecule has 2 heterocycles. The van der Waals surface area contributed by atoms with Gasteiger partial charge < -0.3 is 0 Å². The summed E-state index contributed by atoms with van der Waals surface area (Å²) in [7, 11) is 0. The van der Waals surface area contributed by atoms with Crippen LogP contribution < -0.4 is 5.43 Å². The highest BCUT2D eigenvalue weighted by molar-refractivity contribution is 7.14. The second kappa shape index (κ2) is 6.34. The second-order valence-electron chi connectivity index (χ2n) is 4.19. The first-order valence-corrected chi connectivity index (χ1v) is 8.28. The molecule has 7 heteroatoms. The van der Waals surface area contributed by atoms with Crippen molar-refractivity contribution in [2.75, 3.05) is 5.43 Å². The minimum Gasteiger partial charge on any atom is -0.252 e. The Morgan fingerprint density at radius 3 is 2.76 bits per heavy atom. The van der Waals surface area contributed by atoms with Crippen LogP contribution in [0.4, 0.5) is 5.13 Å². The van der Waals surface area contributed by atoms with Crippen molar-refractivity contribution >= 4 is 45.1 Å². The number of anilines is 1. The van der Waals surface area contributed by atoms with Crippen LogP contribution in [-0.2, 0) is 0 Å². The van der Waals surface area contributed by atoms with Crippen molar-refractivity contribution in [1.29, 1.82) is 0 Å². The van der Waals surface area contributed by atoms with Crippen LogP contribution >= 0.6 is 34.3 Å². The fourth-order valence-electron chi connectivity index (χ4n) is 1.66. The molecule has 2 aromatic heterocycles. The first-order valence-electron chi connectivity index (χ1n) is 6.14. The number of benzene rings is 1. The van der Waals surface area contributed by atoms with E-state index < -0.39 is 0 Å². The van der Waals surface area contributed by atoms with Gasteiger partial charge in [0.25, 0.3) is 0 Å². The zero-order valence-electron chi connectivity index (χ0n) is 11.1. The van der Waals surface area contributed by atoms with Gasteiger partial charge in [-0.1, -0.05) is 23.7 Å². The number of nitrogens with zero attached hydrogens (tertiary/aromatic N) is 3. The molecule has 4 nitrogen and oxygen atoms in total. The van der Waals surface area contributed by atoms with Crippen molar-refractivity contribution in [2.24, 2.45) is 5.10 Å². The molecule has 0 saturated carbocycles. The largest absolute Gasteiger partial charge is 0.252 e. The van der Waals surface area contributed by atoms with Crippen molar-refractivity contribution in [3.8, 4) is 11.3 Å². The van der Waals surface area contributed by atoms with E-state index in [-0.39, 0.29) is 0 Å². The summed E-state index contributed by atoms with van der Waals surface area (Å²) in [6, 6.07) is 7.61. The van der Waals surface area contributed by atoms with E-state index >= 15 is 0 Å². The van der Waals surface area contributed by atoms with Gasteiger partial charge in [0.15, 0.2) is 0 Å². The maximum Gasteiger partial charge on any atom is 0.203 e. The van der Waals surface area contributed by atoms with E-state index in [1.54, 1.807) is 17.5 Å². The number of aromatic nitrogens is 2. The summed E-state index contributed by atoms with van der Waals surface area (Å²) in [5.41, 5.74) is 5.75. The maximum absolute atomic E-state index is 5.88. The molecule has 0 bridgehead atoms. The monoisotopic (exact) mass is 334 g/mol. The minimum absolute atomic E-state index is 0.719. The summed E-state index contributed by atoms with van der Waals surface area (Å²) < 4.78 is 0. The Bertz CT molecular complexity index is 748. The number of halogens is 1. The topological polar surface area (TPSA) is 50.2 Å². The first kappa shape index (κ1) is 14.2. The molecule has 1 N–H and O–H groups in total. The van der Waals surface area contributed by atoms with E-state index in [0.717, 1.165) is 32.1 Å². The number of thiazole rings is 2. The zero-order valence-corrected chi connectivity index (χ0v) is 13.5. The van der Waals surface area contributed by atoms with Gasteiger partial charge >= 0.3 is 0 Å². The first-order chi connectivity index (χ1) is 10.2. The van der Waals surface area contributed by atoms with Gasteiger partial charge in [-0.05, 0) is 19.1 Å². The summed E-state index contributed by atoms with van der Waals surface area (Å²) in [5.74, 6) is 0. The Morgan fingerprint density at radius 1 is 1.24 bits per heavy atom. The molecule has 0 aliphatic carbocycles. The van der Waals surface area contributed by atoms with Gasteiger partial charge in [-0.2, -0.15) is 5.10 Å². The zero-order chi connectivity index (χ0) is 14.7. The predicted octanol–water partition coefficient (Wildman–Crippen LogP) is 4.76. The van der Waals surface area contributed by atoms with Gasteiger partial charge in [0.2, 0.25) is 5.13 Å². The smallest absolute Gasteiger partial charge is 0.203 e. The normalized spacial score (nSPS) is 11.6. The fraction of sp³-hybridized carbons (Fsp3) is 0.0714. The SMILES string of the molecule is C/C(=N/Nc1nc(-c2ccc(Cl)cc2)cs1)c1nccs1. The van der Waals surface area contributed by atoms with Crippen LogP contribution in [0.1, 0.15) is 11.9 Å². The summed E-state index contributed by atoms with van der Waals surface area (Å²) >= 11 is 8.95. The lowest BCUT2D eigenvalue weighted by Crippen LogP contribution is -1.98. The van der Waals surface area contributed by atoms with Gasteiger partial charge in [-0.25, -0.2) is 9.97 Å².